The molecule has 0 saturated carbocycles. The van der Waals surface area contributed by atoms with Gasteiger partial charge < -0.3 is 0 Å². The SMILES string of the molecule is CC(NS(=O)(=O)c1ncccc1F)c1ccc(F)cc1F. The fourth-order valence-electron chi connectivity index (χ4n) is 1.77. The van der Waals surface area contributed by atoms with E-state index in [9.17, 15) is 21.6 Å². The number of halogens is 3. The van der Waals surface area contributed by atoms with Gasteiger partial charge in [0.05, 0.1) is 0 Å². The van der Waals surface area contributed by atoms with Gasteiger partial charge in [0, 0.05) is 23.9 Å². The number of hydrogen-bond acceptors (Lipinski definition) is 3. The minimum Gasteiger partial charge on any atom is -0.241 e. The molecule has 0 bridgehead atoms. The van der Waals surface area contributed by atoms with E-state index in [2.05, 4.69) is 9.71 Å². The number of sulfonamides is 1. The summed E-state index contributed by atoms with van der Waals surface area (Å²) in [6, 6.07) is 3.94. The predicted octanol–water partition coefficient (Wildman–Crippen LogP) is 2.54. The molecule has 0 amide bonds. The summed E-state index contributed by atoms with van der Waals surface area (Å²) in [6.07, 6.45) is 1.13. The van der Waals surface area contributed by atoms with E-state index in [4.69, 9.17) is 0 Å². The van der Waals surface area contributed by atoms with Crippen molar-refractivity contribution in [3.8, 4) is 0 Å². The topological polar surface area (TPSA) is 59.1 Å². The summed E-state index contributed by atoms with van der Waals surface area (Å²) >= 11 is 0. The van der Waals surface area contributed by atoms with Crippen molar-refractivity contribution in [2.75, 3.05) is 0 Å². The summed E-state index contributed by atoms with van der Waals surface area (Å²) in [4.78, 5) is 3.45. The summed E-state index contributed by atoms with van der Waals surface area (Å²) in [7, 11) is -4.26. The highest BCUT2D eigenvalue weighted by molar-refractivity contribution is 7.89. The van der Waals surface area contributed by atoms with Crippen molar-refractivity contribution in [2.45, 2.75) is 18.0 Å². The molecule has 0 aliphatic carbocycles. The van der Waals surface area contributed by atoms with Crippen LogP contribution in [0.2, 0.25) is 0 Å². The Hall–Kier alpha value is -1.93. The number of pyridine rings is 1. The molecule has 1 aromatic heterocycles. The van der Waals surface area contributed by atoms with Gasteiger partial charge in [0.25, 0.3) is 10.0 Å². The molecular weight excluding hydrogens is 305 g/mol. The van der Waals surface area contributed by atoms with E-state index in [1.54, 1.807) is 0 Å². The molecule has 1 aromatic carbocycles. The van der Waals surface area contributed by atoms with Crippen molar-refractivity contribution in [2.24, 2.45) is 0 Å². The highest BCUT2D eigenvalue weighted by Crippen LogP contribution is 2.20. The smallest absolute Gasteiger partial charge is 0.241 e. The fourth-order valence-corrected chi connectivity index (χ4v) is 3.00. The van der Waals surface area contributed by atoms with Crippen LogP contribution in [0.1, 0.15) is 18.5 Å². The molecule has 112 valence electrons. The molecular formula is C13H11F3N2O2S. The summed E-state index contributed by atoms with van der Waals surface area (Å²) in [5.74, 6) is -2.69. The van der Waals surface area contributed by atoms with Crippen molar-refractivity contribution in [1.29, 1.82) is 0 Å². The average molecular weight is 316 g/mol. The second kappa shape index (κ2) is 5.82. The quantitative estimate of drug-likeness (QED) is 0.943. The van der Waals surface area contributed by atoms with Gasteiger partial charge in [-0.15, -0.1) is 0 Å². The van der Waals surface area contributed by atoms with E-state index in [1.165, 1.54) is 13.0 Å². The highest BCUT2D eigenvalue weighted by atomic mass is 32.2. The minimum absolute atomic E-state index is 0.0590. The third-order valence-electron chi connectivity index (χ3n) is 2.74. The van der Waals surface area contributed by atoms with Crippen LogP contribution in [0.15, 0.2) is 41.6 Å². The van der Waals surface area contributed by atoms with Crippen molar-refractivity contribution >= 4 is 10.0 Å². The predicted molar refractivity (Wildman–Crippen MR) is 69.3 cm³/mol. The van der Waals surface area contributed by atoms with Gasteiger partial charge in [-0.25, -0.2) is 31.3 Å². The van der Waals surface area contributed by atoms with E-state index in [-0.39, 0.29) is 5.56 Å². The van der Waals surface area contributed by atoms with E-state index < -0.39 is 38.5 Å². The van der Waals surface area contributed by atoms with E-state index in [1.807, 2.05) is 0 Å². The van der Waals surface area contributed by atoms with Gasteiger partial charge in [-0.2, -0.15) is 0 Å². The number of aromatic nitrogens is 1. The Morgan fingerprint density at radius 1 is 1.14 bits per heavy atom. The van der Waals surface area contributed by atoms with Gasteiger partial charge in [-0.1, -0.05) is 6.07 Å². The maximum atomic E-state index is 13.6. The van der Waals surface area contributed by atoms with Crippen LogP contribution in [0.5, 0.6) is 0 Å². The molecule has 2 rings (SSSR count). The number of nitrogens with one attached hydrogen (secondary N) is 1. The molecule has 1 heterocycles. The first-order chi connectivity index (χ1) is 9.81. The monoisotopic (exact) mass is 316 g/mol. The van der Waals surface area contributed by atoms with Crippen LogP contribution < -0.4 is 4.72 Å². The first kappa shape index (κ1) is 15.5. The minimum atomic E-state index is -4.26. The molecule has 0 aliphatic rings. The maximum Gasteiger partial charge on any atom is 0.261 e. The molecule has 0 saturated heterocycles. The molecule has 1 unspecified atom stereocenters. The van der Waals surface area contributed by atoms with Gasteiger partial charge in [-0.05, 0) is 25.1 Å². The van der Waals surface area contributed by atoms with Gasteiger partial charge in [-0.3, -0.25) is 0 Å². The third kappa shape index (κ3) is 3.40. The maximum absolute atomic E-state index is 13.6. The van der Waals surface area contributed by atoms with Gasteiger partial charge in [0.15, 0.2) is 5.82 Å². The van der Waals surface area contributed by atoms with E-state index in [0.29, 0.717) is 6.07 Å². The zero-order valence-corrected chi connectivity index (χ0v) is 11.7. The Morgan fingerprint density at radius 3 is 2.48 bits per heavy atom. The Labute approximate surface area is 119 Å². The molecule has 8 heteroatoms. The molecule has 1 N–H and O–H groups in total. The van der Waals surface area contributed by atoms with Crippen LogP contribution in [0.25, 0.3) is 0 Å². The summed E-state index contributed by atoms with van der Waals surface area (Å²) in [6.45, 7) is 1.36. The second-order valence-electron chi connectivity index (χ2n) is 4.30. The largest absolute Gasteiger partial charge is 0.261 e. The van der Waals surface area contributed by atoms with Crippen molar-refractivity contribution in [3.63, 3.8) is 0 Å². The summed E-state index contributed by atoms with van der Waals surface area (Å²) in [5.41, 5.74) is -0.0590. The number of hydrogen-bond donors (Lipinski definition) is 1. The van der Waals surface area contributed by atoms with Crippen molar-refractivity contribution in [1.82, 2.24) is 9.71 Å². The fraction of sp³-hybridized carbons (Fsp3) is 0.154. The summed E-state index contributed by atoms with van der Waals surface area (Å²) < 4.78 is 66.0. The van der Waals surface area contributed by atoms with Crippen LogP contribution in [-0.2, 0) is 10.0 Å². The van der Waals surface area contributed by atoms with Crippen LogP contribution in [0.3, 0.4) is 0 Å². The van der Waals surface area contributed by atoms with Gasteiger partial charge in [0.2, 0.25) is 5.03 Å². The molecule has 2 aromatic rings. The van der Waals surface area contributed by atoms with Crippen LogP contribution in [0.4, 0.5) is 13.2 Å². The lowest BCUT2D eigenvalue weighted by atomic mass is 10.1. The molecule has 0 spiro atoms. The average Bonchev–Trinajstić information content (AvgIpc) is 2.38. The second-order valence-corrected chi connectivity index (χ2v) is 5.93. The van der Waals surface area contributed by atoms with Gasteiger partial charge in [0.1, 0.15) is 11.6 Å². The number of nitrogens with zero attached hydrogens (tertiary/aromatic N) is 1. The normalized spacial score (nSPS) is 13.1. The van der Waals surface area contributed by atoms with Crippen LogP contribution in [0, 0.1) is 17.5 Å². The molecule has 1 atom stereocenters. The molecule has 0 aliphatic heterocycles. The first-order valence-electron chi connectivity index (χ1n) is 5.89. The molecule has 0 fully saturated rings. The number of benzene rings is 1. The zero-order chi connectivity index (χ0) is 15.6. The lowest BCUT2D eigenvalue weighted by Crippen LogP contribution is -2.29. The Morgan fingerprint density at radius 2 is 1.86 bits per heavy atom. The molecule has 21 heavy (non-hydrogen) atoms. The third-order valence-corrected chi connectivity index (χ3v) is 4.21. The Balaban J connectivity index is 2.30. The first-order valence-corrected chi connectivity index (χ1v) is 7.37. The number of rotatable bonds is 4. The summed E-state index contributed by atoms with van der Waals surface area (Å²) in [5, 5.41) is -0.778. The van der Waals surface area contributed by atoms with Crippen molar-refractivity contribution < 1.29 is 21.6 Å². The van der Waals surface area contributed by atoms with E-state index >= 15 is 0 Å². The van der Waals surface area contributed by atoms with Crippen LogP contribution in [-0.4, -0.2) is 13.4 Å². The molecule has 0 radical (unpaired) electrons. The van der Waals surface area contributed by atoms with Crippen molar-refractivity contribution in [3.05, 3.63) is 59.5 Å². The van der Waals surface area contributed by atoms with Crippen LogP contribution >= 0.6 is 0 Å². The Kier molecular flexibility index (Phi) is 4.29. The highest BCUT2D eigenvalue weighted by Gasteiger charge is 2.24. The Bertz CT molecular complexity index is 766. The molecule has 4 nitrogen and oxygen atoms in total. The lowest BCUT2D eigenvalue weighted by Gasteiger charge is -2.15. The lowest BCUT2D eigenvalue weighted by molar-refractivity contribution is 0.525. The van der Waals surface area contributed by atoms with E-state index in [0.717, 1.165) is 24.4 Å². The van der Waals surface area contributed by atoms with Gasteiger partial charge >= 0.3 is 0 Å². The standard InChI is InChI=1S/C13H11F3N2O2S/c1-8(10-5-4-9(14)7-12(10)16)18-21(19,20)13-11(15)3-2-6-17-13/h2-8,18H,1H3. The zero-order valence-electron chi connectivity index (χ0n) is 10.8.